The average molecular weight is 319 g/mol. The van der Waals surface area contributed by atoms with Gasteiger partial charge in [-0.2, -0.15) is 0 Å². The van der Waals surface area contributed by atoms with Crippen molar-refractivity contribution in [3.8, 4) is 5.75 Å². The van der Waals surface area contributed by atoms with Crippen molar-refractivity contribution in [1.29, 1.82) is 0 Å². The highest BCUT2D eigenvalue weighted by molar-refractivity contribution is 5.48. The molecule has 0 saturated heterocycles. The summed E-state index contributed by atoms with van der Waals surface area (Å²) in [6.45, 7) is 5.52. The predicted molar refractivity (Wildman–Crippen MR) is 100 cm³/mol. The van der Waals surface area contributed by atoms with Crippen LogP contribution >= 0.6 is 0 Å². The number of hydrogen-bond donors (Lipinski definition) is 2. The average Bonchev–Trinajstić information content (AvgIpc) is 2.59. The van der Waals surface area contributed by atoms with Crippen LogP contribution in [0.2, 0.25) is 0 Å². The maximum atomic E-state index is 5.75. The van der Waals surface area contributed by atoms with E-state index in [0.717, 1.165) is 30.9 Å². The Bertz CT molecular complexity index is 389. The van der Waals surface area contributed by atoms with Gasteiger partial charge in [-0.25, -0.2) is 0 Å². The van der Waals surface area contributed by atoms with Crippen molar-refractivity contribution >= 4 is 6.08 Å². The lowest BCUT2D eigenvalue weighted by Crippen LogP contribution is -2.22. The molecule has 0 heterocycles. The van der Waals surface area contributed by atoms with E-state index in [9.17, 15) is 0 Å². The highest BCUT2D eigenvalue weighted by Gasteiger charge is 1.95. The molecule has 0 unspecified atom stereocenters. The predicted octanol–water partition coefficient (Wildman–Crippen LogP) is 5.07. The number of ether oxygens (including phenoxy) is 1. The maximum absolute atomic E-state index is 5.75. The van der Waals surface area contributed by atoms with E-state index < -0.39 is 0 Å². The summed E-state index contributed by atoms with van der Waals surface area (Å²) in [6, 6.07) is 8.10. The first kappa shape index (κ1) is 19.7. The Morgan fingerprint density at radius 3 is 1.87 bits per heavy atom. The molecule has 0 aliphatic rings. The van der Waals surface area contributed by atoms with E-state index in [1.54, 1.807) is 0 Å². The van der Waals surface area contributed by atoms with E-state index in [4.69, 9.17) is 10.6 Å². The van der Waals surface area contributed by atoms with E-state index >= 15 is 0 Å². The van der Waals surface area contributed by atoms with Gasteiger partial charge in [-0.15, -0.1) is 0 Å². The van der Waals surface area contributed by atoms with Gasteiger partial charge in [-0.05, 0) is 30.5 Å². The van der Waals surface area contributed by atoms with Crippen LogP contribution in [0.5, 0.6) is 5.75 Å². The van der Waals surface area contributed by atoms with Crippen LogP contribution in [0.1, 0.15) is 69.8 Å². The monoisotopic (exact) mass is 318 g/mol. The molecule has 0 radical (unpaired) electrons. The number of rotatable bonds is 15. The highest BCUT2D eigenvalue weighted by atomic mass is 16.5. The van der Waals surface area contributed by atoms with Crippen molar-refractivity contribution in [3.63, 3.8) is 0 Å². The van der Waals surface area contributed by atoms with Crippen molar-refractivity contribution in [3.05, 3.63) is 36.4 Å². The Kier molecular flexibility index (Phi) is 12.3. The second-order valence-corrected chi connectivity index (χ2v) is 6.11. The molecule has 0 spiro atoms. The summed E-state index contributed by atoms with van der Waals surface area (Å²) in [5, 5.41) is 0. The van der Waals surface area contributed by atoms with Crippen molar-refractivity contribution in [2.45, 2.75) is 64.2 Å². The Balaban J connectivity index is 1.83. The molecule has 0 fully saturated rings. The minimum atomic E-state index is 0.822. The number of unbranched alkanes of at least 4 members (excludes halogenated alkanes) is 9. The Hall–Kier alpha value is -1.32. The van der Waals surface area contributed by atoms with Crippen LogP contribution in [0.3, 0.4) is 0 Å². The third-order valence-electron chi connectivity index (χ3n) is 4.10. The van der Waals surface area contributed by atoms with Gasteiger partial charge in [0.15, 0.2) is 0 Å². The lowest BCUT2D eigenvalue weighted by Gasteiger charge is -2.06. The number of hydrogen-bond acceptors (Lipinski definition) is 3. The van der Waals surface area contributed by atoms with Gasteiger partial charge >= 0.3 is 0 Å². The van der Waals surface area contributed by atoms with Crippen LogP contribution in [0.15, 0.2) is 30.8 Å². The van der Waals surface area contributed by atoms with Gasteiger partial charge in [0, 0.05) is 6.54 Å². The summed E-state index contributed by atoms with van der Waals surface area (Å²) < 4.78 is 5.75. The summed E-state index contributed by atoms with van der Waals surface area (Å²) in [5.74, 6) is 6.20. The maximum Gasteiger partial charge on any atom is 0.119 e. The summed E-state index contributed by atoms with van der Waals surface area (Å²) in [4.78, 5) is 0. The van der Waals surface area contributed by atoms with Crippen LogP contribution in [-0.2, 0) is 0 Å². The van der Waals surface area contributed by atoms with Gasteiger partial charge in [-0.3, -0.25) is 11.3 Å². The van der Waals surface area contributed by atoms with E-state index in [1.165, 1.54) is 57.8 Å². The molecule has 3 N–H and O–H groups in total. The molecule has 0 aliphatic heterocycles. The molecule has 1 aromatic rings. The molecule has 1 rings (SSSR count). The smallest absolute Gasteiger partial charge is 0.119 e. The van der Waals surface area contributed by atoms with Crippen LogP contribution in [-0.4, -0.2) is 13.2 Å². The SMILES string of the molecule is C=Cc1ccc(OCCCCCCCCCCCCNN)cc1. The minimum Gasteiger partial charge on any atom is -0.494 e. The molecule has 23 heavy (non-hydrogen) atoms. The van der Waals surface area contributed by atoms with Crippen molar-refractivity contribution in [1.82, 2.24) is 5.43 Å². The normalized spacial score (nSPS) is 10.7. The lowest BCUT2D eigenvalue weighted by atomic mass is 10.1. The summed E-state index contributed by atoms with van der Waals surface area (Å²) in [5.41, 5.74) is 3.84. The Morgan fingerprint density at radius 1 is 0.826 bits per heavy atom. The quantitative estimate of drug-likeness (QED) is 0.269. The first-order valence-electron chi connectivity index (χ1n) is 9.15. The van der Waals surface area contributed by atoms with E-state index in [-0.39, 0.29) is 0 Å². The standard InChI is InChI=1S/C20H34N2O/c1-2-19-13-15-20(16-14-19)23-18-12-10-8-6-4-3-5-7-9-11-17-22-21/h2,13-16,22H,1,3-12,17-18,21H2. The Labute approximate surface area is 142 Å². The zero-order chi connectivity index (χ0) is 16.6. The third kappa shape index (κ3) is 10.9. The fourth-order valence-corrected chi connectivity index (χ4v) is 2.63. The molecule has 130 valence electrons. The first-order chi connectivity index (χ1) is 11.4. The topological polar surface area (TPSA) is 47.3 Å². The zero-order valence-electron chi connectivity index (χ0n) is 14.6. The molecule has 3 heteroatoms. The number of nitrogens with one attached hydrogen (secondary N) is 1. The van der Waals surface area contributed by atoms with E-state index in [0.29, 0.717) is 0 Å². The van der Waals surface area contributed by atoms with Gasteiger partial charge in [0.2, 0.25) is 0 Å². The summed E-state index contributed by atoms with van der Waals surface area (Å²) >= 11 is 0. The van der Waals surface area contributed by atoms with Crippen molar-refractivity contribution in [2.75, 3.05) is 13.2 Å². The number of nitrogens with two attached hydrogens (primary N) is 1. The molecule has 0 saturated carbocycles. The molecule has 0 bridgehead atoms. The van der Waals surface area contributed by atoms with Gasteiger partial charge in [0.1, 0.15) is 5.75 Å². The lowest BCUT2D eigenvalue weighted by molar-refractivity contribution is 0.304. The second-order valence-electron chi connectivity index (χ2n) is 6.11. The Morgan fingerprint density at radius 2 is 1.35 bits per heavy atom. The third-order valence-corrected chi connectivity index (χ3v) is 4.10. The fourth-order valence-electron chi connectivity index (χ4n) is 2.63. The zero-order valence-corrected chi connectivity index (χ0v) is 14.6. The summed E-state index contributed by atoms with van der Waals surface area (Å²) in [7, 11) is 0. The molecular formula is C20H34N2O. The highest BCUT2D eigenvalue weighted by Crippen LogP contribution is 2.14. The molecular weight excluding hydrogens is 284 g/mol. The molecule has 3 nitrogen and oxygen atoms in total. The van der Waals surface area contributed by atoms with Crippen LogP contribution in [0, 0.1) is 0 Å². The molecule has 0 atom stereocenters. The van der Waals surface area contributed by atoms with Crippen molar-refractivity contribution in [2.24, 2.45) is 5.84 Å². The molecule has 0 aliphatic carbocycles. The van der Waals surface area contributed by atoms with E-state index in [2.05, 4.69) is 12.0 Å². The van der Waals surface area contributed by atoms with Gasteiger partial charge in [0.05, 0.1) is 6.61 Å². The second kappa shape index (κ2) is 14.3. The first-order valence-corrected chi connectivity index (χ1v) is 9.15. The van der Waals surface area contributed by atoms with Crippen molar-refractivity contribution < 1.29 is 4.74 Å². The van der Waals surface area contributed by atoms with Crippen LogP contribution in [0.4, 0.5) is 0 Å². The molecule has 1 aromatic carbocycles. The van der Waals surface area contributed by atoms with Crippen LogP contribution < -0.4 is 16.0 Å². The van der Waals surface area contributed by atoms with E-state index in [1.807, 2.05) is 30.3 Å². The molecule has 0 aromatic heterocycles. The fraction of sp³-hybridized carbons (Fsp3) is 0.600. The minimum absolute atomic E-state index is 0.822. The largest absolute Gasteiger partial charge is 0.494 e. The van der Waals surface area contributed by atoms with Gasteiger partial charge < -0.3 is 4.74 Å². The number of benzene rings is 1. The van der Waals surface area contributed by atoms with Crippen LogP contribution in [0.25, 0.3) is 6.08 Å². The van der Waals surface area contributed by atoms with Gasteiger partial charge in [-0.1, -0.05) is 76.2 Å². The number of hydrazine groups is 1. The molecule has 0 amide bonds. The van der Waals surface area contributed by atoms with Gasteiger partial charge in [0.25, 0.3) is 0 Å². The summed E-state index contributed by atoms with van der Waals surface area (Å²) in [6.07, 6.45) is 14.9.